The normalized spacial score (nSPS) is 17.0. The van der Waals surface area contributed by atoms with Crippen LogP contribution in [0.25, 0.3) is 28.1 Å². The topological polar surface area (TPSA) is 108 Å². The Morgan fingerprint density at radius 2 is 1.86 bits per heavy atom. The van der Waals surface area contributed by atoms with Crippen LogP contribution in [-0.4, -0.2) is 35.4 Å². The van der Waals surface area contributed by atoms with E-state index in [-0.39, 0.29) is 33.8 Å². The number of benzene rings is 2. The van der Waals surface area contributed by atoms with Gasteiger partial charge in [0.25, 0.3) is 12.0 Å². The molecule has 0 radical (unpaired) electrons. The lowest BCUT2D eigenvalue weighted by atomic mass is 9.95. The smallest absolute Gasteiger partial charge is 0.283 e. The fraction of sp³-hybridized carbons (Fsp3) is 0.226. The summed E-state index contributed by atoms with van der Waals surface area (Å²) in [5.74, 6) is -1.27. The maximum atomic E-state index is 15.4. The number of carbonyl (C=O) groups is 1. The molecule has 3 aromatic heterocycles. The van der Waals surface area contributed by atoms with Crippen molar-refractivity contribution in [3.05, 3.63) is 106 Å². The number of rotatable bonds is 4. The highest BCUT2D eigenvalue weighted by Crippen LogP contribution is 2.34. The molecule has 0 saturated heterocycles. The largest absolute Gasteiger partial charge is 0.325 e. The molecule has 1 amide bonds. The maximum Gasteiger partial charge on any atom is 0.283 e. The van der Waals surface area contributed by atoms with E-state index in [0.717, 1.165) is 28.1 Å². The van der Waals surface area contributed by atoms with E-state index in [1.165, 1.54) is 23.0 Å². The number of hydrogen-bond acceptors (Lipinski definition) is 6. The van der Waals surface area contributed by atoms with Crippen molar-refractivity contribution in [2.45, 2.75) is 38.7 Å². The van der Waals surface area contributed by atoms with Gasteiger partial charge in [-0.3, -0.25) is 19.1 Å². The molecule has 6 rings (SSSR count). The summed E-state index contributed by atoms with van der Waals surface area (Å²) in [6.07, 6.45) is 2.70. The number of amides is 1. The van der Waals surface area contributed by atoms with Crippen LogP contribution in [0, 0.1) is 11.7 Å². The Bertz CT molecular complexity index is 1930. The summed E-state index contributed by atoms with van der Waals surface area (Å²) < 4.78 is 44.2. The zero-order valence-corrected chi connectivity index (χ0v) is 24.0. The molecular weight excluding hydrogens is 595 g/mol. The number of para-hydroxylation sites is 1. The third-order valence-electron chi connectivity index (χ3n) is 7.66. The first-order valence-electron chi connectivity index (χ1n) is 13.8. The molecule has 0 unspecified atom stereocenters. The lowest BCUT2D eigenvalue weighted by Crippen LogP contribution is -2.27. The summed E-state index contributed by atoms with van der Waals surface area (Å²) in [6, 6.07) is 14.4. The van der Waals surface area contributed by atoms with Crippen LogP contribution in [0.2, 0.25) is 5.02 Å². The molecule has 1 aliphatic heterocycles. The van der Waals surface area contributed by atoms with Crippen LogP contribution in [0.5, 0.6) is 0 Å². The lowest BCUT2D eigenvalue weighted by Gasteiger charge is -2.23. The van der Waals surface area contributed by atoms with E-state index in [1.54, 1.807) is 6.20 Å². The standard InChI is InChI=1S/C31H25ClF3N7O2/c1-17-5-4-8-25(22-13-18(11-12-36-22)19-6-2-3-7-21(19)38-31(17)44)41-16-37-23(14-27(41)43)28-26(10-9-20(32)29(28)33)42-15-24(30(34)35)39-40-42/h2-3,6-7,9-17,25,30H,4-5,8H2,1H3,(H,38,44)/t17-,25+/m1/s1. The number of anilines is 1. The van der Waals surface area contributed by atoms with E-state index in [9.17, 15) is 18.4 Å². The third kappa shape index (κ3) is 5.60. The minimum atomic E-state index is -2.88. The van der Waals surface area contributed by atoms with Gasteiger partial charge in [0.15, 0.2) is 5.82 Å². The van der Waals surface area contributed by atoms with E-state index >= 15 is 4.39 Å². The van der Waals surface area contributed by atoms with Gasteiger partial charge >= 0.3 is 0 Å². The van der Waals surface area contributed by atoms with Gasteiger partial charge in [-0.25, -0.2) is 22.8 Å². The molecule has 5 aromatic rings. The summed E-state index contributed by atoms with van der Waals surface area (Å²) in [7, 11) is 0. The lowest BCUT2D eigenvalue weighted by molar-refractivity contribution is -0.119. The first kappa shape index (κ1) is 29.2. The monoisotopic (exact) mass is 619 g/mol. The first-order chi connectivity index (χ1) is 21.2. The number of alkyl halides is 2. The molecule has 2 bridgehead atoms. The molecule has 44 heavy (non-hydrogen) atoms. The van der Waals surface area contributed by atoms with Crippen LogP contribution >= 0.6 is 11.6 Å². The Labute approximate surface area is 254 Å². The Morgan fingerprint density at radius 1 is 1.05 bits per heavy atom. The molecule has 9 nitrogen and oxygen atoms in total. The average Bonchev–Trinajstić information content (AvgIpc) is 3.51. The molecular formula is C31H25ClF3N7O2. The highest BCUT2D eigenvalue weighted by Gasteiger charge is 2.24. The van der Waals surface area contributed by atoms with Gasteiger partial charge in [-0.15, -0.1) is 5.10 Å². The van der Waals surface area contributed by atoms with Crippen LogP contribution in [0.15, 0.2) is 78.1 Å². The van der Waals surface area contributed by atoms with Gasteiger partial charge in [-0.1, -0.05) is 48.4 Å². The van der Waals surface area contributed by atoms with E-state index in [1.807, 2.05) is 43.3 Å². The van der Waals surface area contributed by atoms with E-state index < -0.39 is 29.5 Å². The number of fused-ring (bicyclic) bond motifs is 4. The number of pyridine rings is 1. The Hall–Kier alpha value is -4.84. The molecule has 0 fully saturated rings. The molecule has 1 aliphatic rings. The fourth-order valence-corrected chi connectivity index (χ4v) is 5.48. The van der Waals surface area contributed by atoms with E-state index in [0.29, 0.717) is 30.6 Å². The highest BCUT2D eigenvalue weighted by molar-refractivity contribution is 6.31. The maximum absolute atomic E-state index is 15.4. The fourth-order valence-electron chi connectivity index (χ4n) is 5.33. The number of aromatic nitrogens is 6. The van der Waals surface area contributed by atoms with Crippen molar-refractivity contribution in [2.24, 2.45) is 5.92 Å². The van der Waals surface area contributed by atoms with Crippen molar-refractivity contribution in [3.8, 4) is 28.1 Å². The minimum Gasteiger partial charge on any atom is -0.325 e. The van der Waals surface area contributed by atoms with Gasteiger partial charge in [0.2, 0.25) is 5.91 Å². The zero-order chi connectivity index (χ0) is 31.0. The van der Waals surface area contributed by atoms with Gasteiger partial charge in [-0.05, 0) is 48.7 Å². The Morgan fingerprint density at radius 3 is 2.64 bits per heavy atom. The quantitative estimate of drug-likeness (QED) is 0.242. The first-order valence-corrected chi connectivity index (χ1v) is 14.2. The summed E-state index contributed by atoms with van der Waals surface area (Å²) >= 11 is 6.07. The second-order valence-electron chi connectivity index (χ2n) is 10.5. The Balaban J connectivity index is 1.44. The molecule has 2 aromatic carbocycles. The summed E-state index contributed by atoms with van der Waals surface area (Å²) in [5.41, 5.74) is 1.59. The molecule has 224 valence electrons. The van der Waals surface area contributed by atoms with Crippen molar-refractivity contribution < 1.29 is 18.0 Å². The van der Waals surface area contributed by atoms with Crippen LogP contribution in [0.4, 0.5) is 18.9 Å². The SMILES string of the molecule is C[C@@H]1CCC[C@H](n2cnc(-c3c(-n4cc(C(F)F)nn4)ccc(Cl)c3F)cc2=O)c2cc(ccn2)-c2ccccc2NC1=O. The molecule has 13 heteroatoms. The molecule has 0 aliphatic carbocycles. The second-order valence-corrected chi connectivity index (χ2v) is 10.9. The van der Waals surface area contributed by atoms with Crippen molar-refractivity contribution >= 4 is 23.2 Å². The highest BCUT2D eigenvalue weighted by atomic mass is 35.5. The number of halogens is 4. The molecule has 4 heterocycles. The van der Waals surface area contributed by atoms with E-state index in [4.69, 9.17) is 11.6 Å². The van der Waals surface area contributed by atoms with Gasteiger partial charge in [-0.2, -0.15) is 0 Å². The number of nitrogens with one attached hydrogen (secondary N) is 1. The number of nitrogens with zero attached hydrogens (tertiary/aromatic N) is 6. The van der Waals surface area contributed by atoms with Gasteiger partial charge in [0.05, 0.1) is 46.2 Å². The second kappa shape index (κ2) is 12.0. The summed E-state index contributed by atoms with van der Waals surface area (Å²) in [6.45, 7) is 1.86. The van der Waals surface area contributed by atoms with Crippen molar-refractivity contribution in [1.82, 2.24) is 29.5 Å². The third-order valence-corrected chi connectivity index (χ3v) is 7.95. The van der Waals surface area contributed by atoms with Gasteiger partial charge in [0.1, 0.15) is 5.69 Å². The predicted octanol–water partition coefficient (Wildman–Crippen LogP) is 6.63. The number of hydrogen-bond donors (Lipinski definition) is 1. The van der Waals surface area contributed by atoms with Crippen molar-refractivity contribution in [3.63, 3.8) is 0 Å². The Kier molecular flexibility index (Phi) is 8.00. The van der Waals surface area contributed by atoms with Crippen LogP contribution < -0.4 is 10.9 Å². The van der Waals surface area contributed by atoms with Crippen LogP contribution in [0.1, 0.15) is 50.0 Å². The minimum absolute atomic E-state index is 0.0299. The van der Waals surface area contributed by atoms with Crippen molar-refractivity contribution in [2.75, 3.05) is 5.32 Å². The molecule has 1 N–H and O–H groups in total. The van der Waals surface area contributed by atoms with Gasteiger partial charge < -0.3 is 5.32 Å². The van der Waals surface area contributed by atoms with Gasteiger partial charge in [0, 0.05) is 29.4 Å². The predicted molar refractivity (Wildman–Crippen MR) is 158 cm³/mol. The van der Waals surface area contributed by atoms with E-state index in [2.05, 4.69) is 25.6 Å². The number of carbonyl (C=O) groups excluding carboxylic acids is 1. The zero-order valence-electron chi connectivity index (χ0n) is 23.3. The molecule has 0 spiro atoms. The molecule has 2 atom stereocenters. The summed E-state index contributed by atoms with van der Waals surface area (Å²) in [4.78, 5) is 35.6. The van der Waals surface area contributed by atoms with Crippen LogP contribution in [-0.2, 0) is 4.79 Å². The molecule has 0 saturated carbocycles. The summed E-state index contributed by atoms with van der Waals surface area (Å²) in [5, 5.41) is 9.92. The average molecular weight is 620 g/mol. The van der Waals surface area contributed by atoms with Crippen molar-refractivity contribution in [1.29, 1.82) is 0 Å². The van der Waals surface area contributed by atoms with Crippen LogP contribution in [0.3, 0.4) is 0 Å².